The average Bonchev–Trinajstić information content (AvgIpc) is 3.08. The number of carbonyl (C=O) groups is 5. The third-order valence-corrected chi connectivity index (χ3v) is 9.66. The molecule has 3 aromatic rings. The topological polar surface area (TPSA) is 306 Å². The zero-order chi connectivity index (χ0) is 45.4. The fourth-order valence-corrected chi connectivity index (χ4v) is 6.22. The van der Waals surface area contributed by atoms with Crippen molar-refractivity contribution in [3.63, 3.8) is 0 Å². The summed E-state index contributed by atoms with van der Waals surface area (Å²) in [5.41, 5.74) is -5.17. The van der Waals surface area contributed by atoms with Gasteiger partial charge in [0.15, 0.2) is 27.2 Å². The summed E-state index contributed by atoms with van der Waals surface area (Å²) in [4.78, 5) is 109. The Labute approximate surface area is 335 Å². The van der Waals surface area contributed by atoms with Gasteiger partial charge >= 0.3 is 31.4 Å². The van der Waals surface area contributed by atoms with E-state index in [0.29, 0.717) is 21.6 Å². The van der Waals surface area contributed by atoms with E-state index in [-0.39, 0.29) is 34.0 Å². The number of halogens is 4. The van der Waals surface area contributed by atoms with Gasteiger partial charge in [-0.25, -0.2) is 22.6 Å². The zero-order valence-electron chi connectivity index (χ0n) is 31.1. The van der Waals surface area contributed by atoms with Crippen molar-refractivity contribution >= 4 is 64.0 Å². The van der Waals surface area contributed by atoms with E-state index in [1.807, 2.05) is 0 Å². The first-order chi connectivity index (χ1) is 27.0. The van der Waals surface area contributed by atoms with Crippen LogP contribution in [0.1, 0.15) is 59.5 Å². The summed E-state index contributed by atoms with van der Waals surface area (Å²) in [6.45, 7) is 2.79. The van der Waals surface area contributed by atoms with Gasteiger partial charge in [-0.15, -0.1) is 0 Å². The number of nitrogens with one attached hydrogen (secondary N) is 1. The van der Waals surface area contributed by atoms with Gasteiger partial charge in [0.1, 0.15) is 11.6 Å². The summed E-state index contributed by atoms with van der Waals surface area (Å²) in [6, 6.07) is 6.70. The molecule has 59 heavy (non-hydrogen) atoms. The first kappa shape index (κ1) is 49.8. The molecule has 322 valence electrons. The molecular formula is C33H35ClF3N4O16PS. The molecule has 26 heteroatoms. The van der Waals surface area contributed by atoms with Gasteiger partial charge in [0, 0.05) is 38.3 Å². The number of carboxylic acids is 1. The Bertz CT molecular complexity index is 2430. The van der Waals surface area contributed by atoms with Gasteiger partial charge in [-0.3, -0.25) is 48.5 Å². The average molecular weight is 899 g/mol. The van der Waals surface area contributed by atoms with Gasteiger partial charge in [0.25, 0.3) is 11.2 Å². The first-order valence-corrected chi connectivity index (χ1v) is 20.5. The highest BCUT2D eigenvalue weighted by atomic mass is 35.5. The van der Waals surface area contributed by atoms with Crippen molar-refractivity contribution in [3.8, 4) is 5.69 Å². The number of rotatable bonds is 11. The number of ketones is 3. The molecule has 1 fully saturated rings. The number of nitro groups is 1. The number of aromatic nitrogens is 2. The largest absolute Gasteiger partial charge is 0.480 e. The molecule has 1 aromatic heterocycles. The molecule has 0 aliphatic heterocycles. The lowest BCUT2D eigenvalue weighted by atomic mass is 9.81. The van der Waals surface area contributed by atoms with E-state index in [4.69, 9.17) is 31.2 Å². The summed E-state index contributed by atoms with van der Waals surface area (Å²) >= 11 is 5.94. The quantitative estimate of drug-likeness (QED) is 0.0537. The van der Waals surface area contributed by atoms with E-state index in [1.54, 1.807) is 13.8 Å². The fourth-order valence-electron chi connectivity index (χ4n) is 4.98. The Kier molecular flexibility index (Phi) is 16.9. The van der Waals surface area contributed by atoms with Crippen LogP contribution in [0.5, 0.6) is 0 Å². The highest BCUT2D eigenvalue weighted by molar-refractivity contribution is 7.90. The lowest BCUT2D eigenvalue weighted by Crippen LogP contribution is -2.40. The number of hydrogen-bond acceptors (Lipinski definition) is 14. The molecule has 1 saturated carbocycles. The number of ether oxygens (including phenoxy) is 1. The maximum Gasteiger partial charge on any atom is 0.431 e. The number of carboxylic acid groups (broad SMARTS) is 1. The van der Waals surface area contributed by atoms with E-state index in [9.17, 15) is 69.8 Å². The van der Waals surface area contributed by atoms with Crippen LogP contribution in [-0.2, 0) is 46.7 Å². The standard InChI is InChI=1S/C16H14ClF3N2O4.C14H13NO7S.C3H8NO5P/c1-8(2)26-14(24)10-6-9(4-5-11(10)17)22-13(23)7-12(16(18,19)20)21(3)15(22)25;1-23(21,22)8-5-6-9(10(7-8)15(19)20)14(18)13-11(16)3-2-4-12(13)17;5-3(6)1-4-2-10(7,8)9/h4-8H,1-3H3;5-7,13H,2-4H2,1H3;4H,1-2H2,(H,5,6)(H2,7,8,9). The molecule has 4 N–H and O–H groups in total. The van der Waals surface area contributed by atoms with Crippen molar-refractivity contribution < 1.29 is 74.7 Å². The lowest BCUT2D eigenvalue weighted by molar-refractivity contribution is -0.385. The molecule has 2 aromatic carbocycles. The Morgan fingerprint density at radius 3 is 2.08 bits per heavy atom. The maximum absolute atomic E-state index is 12.9. The van der Waals surface area contributed by atoms with Crippen molar-refractivity contribution in [1.82, 2.24) is 14.5 Å². The van der Waals surface area contributed by atoms with Gasteiger partial charge in [-0.05, 0) is 50.6 Å². The van der Waals surface area contributed by atoms with Crippen LogP contribution in [0, 0.1) is 16.0 Å². The Balaban J connectivity index is 0.000000334. The first-order valence-electron chi connectivity index (χ1n) is 16.4. The Morgan fingerprint density at radius 1 is 1.03 bits per heavy atom. The number of hydrogen-bond donors (Lipinski definition) is 4. The number of aliphatic carboxylic acids is 1. The second-order valence-corrected chi connectivity index (χ2v) is 16.7. The van der Waals surface area contributed by atoms with Crippen LogP contribution in [0.15, 0.2) is 56.9 Å². The number of carbonyl (C=O) groups excluding carboxylic acids is 4. The highest BCUT2D eigenvalue weighted by Crippen LogP contribution is 2.32. The molecule has 0 saturated heterocycles. The highest BCUT2D eigenvalue weighted by Gasteiger charge is 2.39. The van der Waals surface area contributed by atoms with E-state index < -0.39 is 111 Å². The van der Waals surface area contributed by atoms with E-state index in [1.165, 1.54) is 12.1 Å². The van der Waals surface area contributed by atoms with Gasteiger partial charge < -0.3 is 19.6 Å². The van der Waals surface area contributed by atoms with E-state index in [2.05, 4.69) is 5.32 Å². The minimum Gasteiger partial charge on any atom is -0.480 e. The maximum atomic E-state index is 12.9. The predicted molar refractivity (Wildman–Crippen MR) is 198 cm³/mol. The molecule has 0 unspecified atom stereocenters. The molecule has 4 rings (SSSR count). The molecule has 1 heterocycles. The van der Waals surface area contributed by atoms with Crippen molar-refractivity contribution in [1.29, 1.82) is 0 Å². The zero-order valence-corrected chi connectivity index (χ0v) is 33.6. The third kappa shape index (κ3) is 14.1. The number of esters is 1. The number of Topliss-reactive ketones (excluding diaryl/α,β-unsaturated/α-hetero) is 3. The SMILES string of the molecule is CC(C)OC(=O)c1cc(-n2c(=O)cc(C(F)(F)F)n(C)c2=O)ccc1Cl.CS(=O)(=O)c1ccc(C(=O)C2C(=O)CCCC2=O)c([N+](=O)[O-])c1.O=C(O)CNCP(=O)(O)O. The molecule has 0 atom stereocenters. The van der Waals surface area contributed by atoms with Crippen LogP contribution < -0.4 is 16.6 Å². The van der Waals surface area contributed by atoms with Crippen molar-refractivity contribution in [2.24, 2.45) is 13.0 Å². The molecule has 1 aliphatic rings. The second-order valence-electron chi connectivity index (χ2n) is 12.6. The van der Waals surface area contributed by atoms with Gasteiger partial charge in [-0.2, -0.15) is 13.2 Å². The minimum atomic E-state index is -4.86. The van der Waals surface area contributed by atoms with Crippen LogP contribution in [0.25, 0.3) is 5.69 Å². The van der Waals surface area contributed by atoms with Crippen molar-refractivity contribution in [2.45, 2.75) is 50.3 Å². The van der Waals surface area contributed by atoms with Gasteiger partial charge in [0.05, 0.1) is 50.6 Å². The van der Waals surface area contributed by atoms with Crippen LogP contribution in [0.2, 0.25) is 5.02 Å². The van der Waals surface area contributed by atoms with E-state index >= 15 is 0 Å². The summed E-state index contributed by atoms with van der Waals surface area (Å²) in [6.07, 6.45) is -4.53. The van der Waals surface area contributed by atoms with Gasteiger partial charge in [0.2, 0.25) is 0 Å². The van der Waals surface area contributed by atoms with Crippen LogP contribution in [-0.4, -0.2) is 91.8 Å². The smallest absolute Gasteiger partial charge is 0.431 e. The van der Waals surface area contributed by atoms with Crippen LogP contribution >= 0.6 is 19.2 Å². The molecule has 0 radical (unpaired) electrons. The summed E-state index contributed by atoms with van der Waals surface area (Å²) < 4.78 is 77.5. The molecule has 0 bridgehead atoms. The number of sulfone groups is 1. The number of alkyl halides is 3. The Morgan fingerprint density at radius 2 is 1.61 bits per heavy atom. The normalized spacial score (nSPS) is 13.5. The predicted octanol–water partition coefficient (Wildman–Crippen LogP) is 2.69. The van der Waals surface area contributed by atoms with Crippen LogP contribution in [0.4, 0.5) is 18.9 Å². The van der Waals surface area contributed by atoms with Gasteiger partial charge in [-0.1, -0.05) is 11.6 Å². The lowest BCUT2D eigenvalue weighted by Gasteiger charge is -2.18. The summed E-state index contributed by atoms with van der Waals surface area (Å²) in [5, 5.41) is 21.2. The number of nitrogens with zero attached hydrogens (tertiary/aromatic N) is 3. The second kappa shape index (κ2) is 20.0. The minimum absolute atomic E-state index is 0.0104. The fraction of sp³-hybridized carbons (Fsp3) is 0.364. The summed E-state index contributed by atoms with van der Waals surface area (Å²) in [5.74, 6) is -5.55. The monoisotopic (exact) mass is 898 g/mol. The molecule has 20 nitrogen and oxygen atoms in total. The summed E-state index contributed by atoms with van der Waals surface area (Å²) in [7, 11) is -6.90. The Hall–Kier alpha value is -5.39. The van der Waals surface area contributed by atoms with Crippen molar-refractivity contribution in [2.75, 3.05) is 19.1 Å². The van der Waals surface area contributed by atoms with Crippen LogP contribution in [0.3, 0.4) is 0 Å². The molecular weight excluding hydrogens is 864 g/mol. The molecule has 0 amide bonds. The third-order valence-electron chi connectivity index (χ3n) is 7.59. The molecule has 0 spiro atoms. The number of benzene rings is 2. The molecule has 1 aliphatic carbocycles. The number of nitro benzene ring substituents is 1. The van der Waals surface area contributed by atoms with Crippen molar-refractivity contribution in [3.05, 3.63) is 95.3 Å². The van der Waals surface area contributed by atoms with E-state index in [0.717, 1.165) is 37.6 Å².